The molecule has 1 aliphatic heterocycles. The van der Waals surface area contributed by atoms with Crippen LogP contribution in [0.15, 0.2) is 30.3 Å². The third-order valence-corrected chi connectivity index (χ3v) is 7.67. The van der Waals surface area contributed by atoms with Crippen molar-refractivity contribution in [2.75, 3.05) is 13.1 Å². The van der Waals surface area contributed by atoms with Gasteiger partial charge in [-0.15, -0.1) is 0 Å². The summed E-state index contributed by atoms with van der Waals surface area (Å²) in [6.07, 6.45) is 0.836. The summed E-state index contributed by atoms with van der Waals surface area (Å²) >= 11 is 13.3. The van der Waals surface area contributed by atoms with E-state index in [1.165, 1.54) is 0 Å². The summed E-state index contributed by atoms with van der Waals surface area (Å²) in [5.41, 5.74) is 4.53. The van der Waals surface area contributed by atoms with Crippen molar-refractivity contribution in [1.82, 2.24) is 9.47 Å². The van der Waals surface area contributed by atoms with Gasteiger partial charge in [0.1, 0.15) is 0 Å². The van der Waals surface area contributed by atoms with Crippen LogP contribution in [-0.2, 0) is 18.3 Å². The van der Waals surface area contributed by atoms with Crippen molar-refractivity contribution in [3.8, 4) is 6.07 Å². The Morgan fingerprint density at radius 3 is 2.62 bits per heavy atom. The molecule has 8 heteroatoms. The van der Waals surface area contributed by atoms with Crippen LogP contribution in [0.3, 0.4) is 0 Å². The first kappa shape index (κ1) is 24.1. The number of hydrogen-bond acceptors (Lipinski definition) is 3. The van der Waals surface area contributed by atoms with E-state index < -0.39 is 11.9 Å². The monoisotopic (exact) mass is 497 g/mol. The molecular weight excluding hydrogens is 473 g/mol. The summed E-state index contributed by atoms with van der Waals surface area (Å²) in [5, 5.41) is 20.5. The van der Waals surface area contributed by atoms with Gasteiger partial charge >= 0.3 is 5.97 Å². The van der Waals surface area contributed by atoms with Crippen molar-refractivity contribution in [2.45, 2.75) is 26.7 Å². The fourth-order valence-corrected chi connectivity index (χ4v) is 5.46. The van der Waals surface area contributed by atoms with E-state index in [0.29, 0.717) is 52.7 Å². The molecule has 4 rings (SSSR count). The molecule has 0 radical (unpaired) electrons. The lowest BCUT2D eigenvalue weighted by molar-refractivity contribution is -0.145. The highest BCUT2D eigenvalue weighted by Gasteiger charge is 2.34. The number of aryl methyl sites for hydroxylation is 2. The SMILES string of the molecule is Cc1cc(C#N)cc2c1cc(Cc1c(Cl)ccc(C(=O)N3CCC(C(=O)O)C(C)C3)c1Cl)n2C. The van der Waals surface area contributed by atoms with E-state index in [1.54, 1.807) is 17.0 Å². The van der Waals surface area contributed by atoms with Gasteiger partial charge in [-0.1, -0.05) is 30.1 Å². The van der Waals surface area contributed by atoms with Crippen molar-refractivity contribution in [1.29, 1.82) is 5.26 Å². The Hall–Kier alpha value is -3.01. The number of hydrogen-bond donors (Lipinski definition) is 1. The van der Waals surface area contributed by atoms with Crippen molar-refractivity contribution in [3.05, 3.63) is 68.3 Å². The maximum atomic E-state index is 13.3. The largest absolute Gasteiger partial charge is 0.481 e. The lowest BCUT2D eigenvalue weighted by Gasteiger charge is -2.35. The maximum Gasteiger partial charge on any atom is 0.306 e. The van der Waals surface area contributed by atoms with Gasteiger partial charge in [-0.05, 0) is 60.7 Å². The van der Waals surface area contributed by atoms with E-state index in [4.69, 9.17) is 23.2 Å². The zero-order valence-corrected chi connectivity index (χ0v) is 20.7. The summed E-state index contributed by atoms with van der Waals surface area (Å²) in [7, 11) is 1.93. The number of carboxylic acids is 1. The number of carboxylic acid groups (broad SMARTS) is 1. The zero-order valence-electron chi connectivity index (χ0n) is 19.2. The van der Waals surface area contributed by atoms with Crippen LogP contribution in [0.5, 0.6) is 0 Å². The Morgan fingerprint density at radius 1 is 1.24 bits per heavy atom. The molecule has 34 heavy (non-hydrogen) atoms. The molecule has 0 spiro atoms. The lowest BCUT2D eigenvalue weighted by atomic mass is 9.86. The molecule has 2 atom stereocenters. The van der Waals surface area contributed by atoms with E-state index in [2.05, 4.69) is 12.1 Å². The minimum atomic E-state index is -0.821. The summed E-state index contributed by atoms with van der Waals surface area (Å²) in [6, 6.07) is 11.3. The number of carbonyl (C=O) groups is 2. The molecule has 3 aromatic rings. The highest BCUT2D eigenvalue weighted by molar-refractivity contribution is 6.38. The van der Waals surface area contributed by atoms with Crippen molar-refractivity contribution >= 4 is 46.0 Å². The van der Waals surface area contributed by atoms with Crippen LogP contribution in [0.4, 0.5) is 0 Å². The van der Waals surface area contributed by atoms with Gasteiger partial charge in [-0.2, -0.15) is 5.26 Å². The van der Waals surface area contributed by atoms with Crippen molar-refractivity contribution in [3.63, 3.8) is 0 Å². The average Bonchev–Trinajstić information content (AvgIpc) is 3.11. The molecule has 2 unspecified atom stereocenters. The number of halogens is 2. The number of rotatable bonds is 4. The molecule has 1 fully saturated rings. The topological polar surface area (TPSA) is 86.3 Å². The van der Waals surface area contributed by atoms with Gasteiger partial charge in [0, 0.05) is 48.2 Å². The van der Waals surface area contributed by atoms with Gasteiger partial charge in [0.2, 0.25) is 0 Å². The number of nitriles is 1. The molecule has 1 aliphatic rings. The minimum Gasteiger partial charge on any atom is -0.481 e. The smallest absolute Gasteiger partial charge is 0.306 e. The van der Waals surface area contributed by atoms with E-state index in [-0.39, 0.29) is 11.8 Å². The molecule has 2 heterocycles. The van der Waals surface area contributed by atoms with Crippen LogP contribution in [-0.4, -0.2) is 39.5 Å². The molecule has 6 nitrogen and oxygen atoms in total. The Bertz CT molecular complexity index is 1360. The summed E-state index contributed by atoms with van der Waals surface area (Å²) in [5.74, 6) is -1.63. The third kappa shape index (κ3) is 4.26. The summed E-state index contributed by atoms with van der Waals surface area (Å²) < 4.78 is 2.02. The second-order valence-corrected chi connectivity index (χ2v) is 9.84. The van der Waals surface area contributed by atoms with Crippen LogP contribution in [0.1, 0.15) is 46.1 Å². The predicted molar refractivity (Wildman–Crippen MR) is 132 cm³/mol. The maximum absolute atomic E-state index is 13.3. The van der Waals surface area contributed by atoms with Crippen LogP contribution in [0.2, 0.25) is 10.0 Å². The van der Waals surface area contributed by atoms with Crippen LogP contribution < -0.4 is 0 Å². The lowest BCUT2D eigenvalue weighted by Crippen LogP contribution is -2.45. The highest BCUT2D eigenvalue weighted by Crippen LogP contribution is 2.34. The molecule has 2 aromatic carbocycles. The molecule has 1 N–H and O–H groups in total. The first-order valence-corrected chi connectivity index (χ1v) is 11.9. The van der Waals surface area contributed by atoms with Gasteiger partial charge in [-0.25, -0.2) is 0 Å². The van der Waals surface area contributed by atoms with E-state index >= 15 is 0 Å². The number of aliphatic carboxylic acids is 1. The van der Waals surface area contributed by atoms with Gasteiger partial charge in [0.05, 0.1) is 28.1 Å². The molecule has 176 valence electrons. The molecule has 1 amide bonds. The normalized spacial score (nSPS) is 18.2. The number of nitrogens with zero attached hydrogens (tertiary/aromatic N) is 3. The van der Waals surface area contributed by atoms with E-state index in [0.717, 1.165) is 22.2 Å². The van der Waals surface area contributed by atoms with Gasteiger partial charge in [-0.3, -0.25) is 9.59 Å². The van der Waals surface area contributed by atoms with E-state index in [1.807, 2.05) is 37.6 Å². The minimum absolute atomic E-state index is 0.141. The van der Waals surface area contributed by atoms with Crippen LogP contribution in [0, 0.1) is 30.1 Å². The second kappa shape index (κ2) is 9.32. The predicted octanol–water partition coefficient (Wildman–Crippen LogP) is 5.44. The van der Waals surface area contributed by atoms with Crippen molar-refractivity contribution in [2.24, 2.45) is 18.9 Å². The Balaban J connectivity index is 1.66. The first-order valence-electron chi connectivity index (χ1n) is 11.1. The number of likely N-dealkylation sites (tertiary alicyclic amines) is 1. The van der Waals surface area contributed by atoms with Gasteiger partial charge < -0.3 is 14.6 Å². The molecule has 0 bridgehead atoms. The highest BCUT2D eigenvalue weighted by atomic mass is 35.5. The second-order valence-electron chi connectivity index (χ2n) is 9.06. The third-order valence-electron chi connectivity index (χ3n) is 6.88. The average molecular weight is 498 g/mol. The van der Waals surface area contributed by atoms with Gasteiger partial charge in [0.15, 0.2) is 0 Å². The fourth-order valence-electron chi connectivity index (χ4n) is 4.87. The van der Waals surface area contributed by atoms with Gasteiger partial charge in [0.25, 0.3) is 5.91 Å². The number of benzene rings is 2. The number of carbonyl (C=O) groups excluding carboxylic acids is 1. The fraction of sp³-hybridized carbons (Fsp3) is 0.346. The summed E-state index contributed by atoms with van der Waals surface area (Å²) in [4.78, 5) is 26.4. The Labute approximate surface area is 208 Å². The number of piperidine rings is 1. The van der Waals surface area contributed by atoms with E-state index in [9.17, 15) is 20.0 Å². The Morgan fingerprint density at radius 2 is 1.97 bits per heavy atom. The Kier molecular flexibility index (Phi) is 6.62. The van der Waals surface area contributed by atoms with Crippen LogP contribution >= 0.6 is 23.2 Å². The molecular formula is C26H25Cl2N3O3. The molecule has 1 saturated heterocycles. The molecule has 0 saturated carbocycles. The number of fused-ring (bicyclic) bond motifs is 1. The van der Waals surface area contributed by atoms with Crippen LogP contribution in [0.25, 0.3) is 10.9 Å². The quantitative estimate of drug-likeness (QED) is 0.519. The molecule has 0 aliphatic carbocycles. The zero-order chi connectivity index (χ0) is 24.7. The number of amides is 1. The number of aromatic nitrogens is 1. The standard InChI is InChI=1S/C26H25Cl2N3O3/c1-14-8-16(12-29)9-23-20(14)10-17(30(23)3)11-21-22(27)5-4-19(24(21)28)25(32)31-7-6-18(26(33)34)15(2)13-31/h4-5,8-10,15,18H,6-7,11,13H2,1-3H3,(H,33,34). The first-order chi connectivity index (χ1) is 16.1. The summed E-state index contributed by atoms with van der Waals surface area (Å²) in [6.45, 7) is 4.57. The van der Waals surface area contributed by atoms with Crippen molar-refractivity contribution < 1.29 is 14.7 Å². The molecule has 1 aromatic heterocycles.